The Morgan fingerprint density at radius 3 is 2.12 bits per heavy atom. The number of aliphatic carboxylic acids is 1. The van der Waals surface area contributed by atoms with Crippen molar-refractivity contribution < 1.29 is 9.90 Å². The third-order valence-corrected chi connectivity index (χ3v) is 2.74. The van der Waals surface area contributed by atoms with Gasteiger partial charge in [-0.15, -0.1) is 0 Å². The van der Waals surface area contributed by atoms with Crippen LogP contribution in [0, 0.1) is 0 Å². The van der Waals surface area contributed by atoms with Crippen LogP contribution in [0.2, 0.25) is 5.02 Å². The number of aromatic nitrogens is 1. The Bertz CT molecular complexity index is 511. The normalized spacial score (nSPS) is 12.1. The molecule has 0 saturated carbocycles. The van der Waals surface area contributed by atoms with Gasteiger partial charge in [-0.1, -0.05) is 23.7 Å². The van der Waals surface area contributed by atoms with Crippen LogP contribution in [0.1, 0.15) is 17.0 Å². The van der Waals surface area contributed by atoms with Crippen LogP contribution in [0.3, 0.4) is 0 Å². The van der Waals surface area contributed by atoms with Gasteiger partial charge in [0.2, 0.25) is 0 Å². The highest BCUT2D eigenvalue weighted by atomic mass is 35.5. The Morgan fingerprint density at radius 1 is 1.06 bits per heavy atom. The minimum absolute atomic E-state index is 0.590. The highest BCUT2D eigenvalue weighted by molar-refractivity contribution is 6.30. The van der Waals surface area contributed by atoms with Gasteiger partial charge in [-0.25, -0.2) is 0 Å². The van der Waals surface area contributed by atoms with Crippen LogP contribution >= 0.6 is 11.6 Å². The molecular formula is C13H10ClNO2. The first kappa shape index (κ1) is 11.6. The van der Waals surface area contributed by atoms with Crippen LogP contribution in [0.4, 0.5) is 0 Å². The molecule has 1 unspecified atom stereocenters. The fraction of sp³-hybridized carbons (Fsp3) is 0.0769. The smallest absolute Gasteiger partial charge is 0.315 e. The predicted molar refractivity (Wildman–Crippen MR) is 65.2 cm³/mol. The quantitative estimate of drug-likeness (QED) is 0.907. The highest BCUT2D eigenvalue weighted by Gasteiger charge is 2.21. The molecule has 0 radical (unpaired) electrons. The van der Waals surface area contributed by atoms with E-state index in [4.69, 9.17) is 11.6 Å². The molecule has 0 fully saturated rings. The fourth-order valence-corrected chi connectivity index (χ4v) is 1.81. The molecule has 0 aliphatic carbocycles. The van der Waals surface area contributed by atoms with Gasteiger partial charge in [-0.2, -0.15) is 0 Å². The van der Waals surface area contributed by atoms with E-state index in [9.17, 15) is 9.90 Å². The van der Waals surface area contributed by atoms with E-state index < -0.39 is 11.9 Å². The van der Waals surface area contributed by atoms with Crippen molar-refractivity contribution in [2.24, 2.45) is 0 Å². The summed E-state index contributed by atoms with van der Waals surface area (Å²) in [6, 6.07) is 10.2. The Kier molecular flexibility index (Phi) is 3.40. The average Bonchev–Trinajstić information content (AvgIpc) is 2.33. The SMILES string of the molecule is O=C(O)C(c1ccncc1)c1ccc(Cl)cc1. The van der Waals surface area contributed by atoms with E-state index in [0.717, 1.165) is 0 Å². The topological polar surface area (TPSA) is 50.2 Å². The Labute approximate surface area is 104 Å². The molecular weight excluding hydrogens is 238 g/mol. The van der Waals surface area contributed by atoms with Gasteiger partial charge in [0.25, 0.3) is 0 Å². The summed E-state index contributed by atoms with van der Waals surface area (Å²) in [6.45, 7) is 0. The maximum absolute atomic E-state index is 11.3. The van der Waals surface area contributed by atoms with Gasteiger partial charge in [0.1, 0.15) is 5.92 Å². The molecule has 0 saturated heterocycles. The lowest BCUT2D eigenvalue weighted by Gasteiger charge is -2.12. The molecule has 0 amide bonds. The van der Waals surface area contributed by atoms with E-state index in [1.807, 2.05) is 0 Å². The number of hydrogen-bond donors (Lipinski definition) is 1. The third-order valence-electron chi connectivity index (χ3n) is 2.49. The van der Waals surface area contributed by atoms with Gasteiger partial charge in [0, 0.05) is 17.4 Å². The van der Waals surface area contributed by atoms with Gasteiger partial charge >= 0.3 is 5.97 Å². The van der Waals surface area contributed by atoms with Crippen molar-refractivity contribution in [3.63, 3.8) is 0 Å². The second-order valence-electron chi connectivity index (χ2n) is 3.60. The minimum atomic E-state index is -0.890. The molecule has 1 N–H and O–H groups in total. The molecule has 0 spiro atoms. The molecule has 1 aromatic heterocycles. The summed E-state index contributed by atoms with van der Waals surface area (Å²) in [6.07, 6.45) is 3.17. The number of nitrogens with zero attached hydrogens (tertiary/aromatic N) is 1. The van der Waals surface area contributed by atoms with Crippen LogP contribution < -0.4 is 0 Å². The van der Waals surface area contributed by atoms with Crippen molar-refractivity contribution in [2.75, 3.05) is 0 Å². The van der Waals surface area contributed by atoms with Crippen LogP contribution in [0.25, 0.3) is 0 Å². The van der Waals surface area contributed by atoms with Gasteiger partial charge < -0.3 is 5.11 Å². The Hall–Kier alpha value is -1.87. The summed E-state index contributed by atoms with van der Waals surface area (Å²) in [5.41, 5.74) is 1.41. The molecule has 86 valence electrons. The zero-order chi connectivity index (χ0) is 12.3. The minimum Gasteiger partial charge on any atom is -0.481 e. The monoisotopic (exact) mass is 247 g/mol. The standard InChI is InChI=1S/C13H10ClNO2/c14-11-3-1-9(2-4-11)12(13(16)17)10-5-7-15-8-6-10/h1-8,12H,(H,16,17). The summed E-state index contributed by atoms with van der Waals surface area (Å²) in [5.74, 6) is -1.58. The van der Waals surface area contributed by atoms with Crippen molar-refractivity contribution in [3.05, 3.63) is 64.9 Å². The lowest BCUT2D eigenvalue weighted by molar-refractivity contribution is -0.137. The summed E-state index contributed by atoms with van der Waals surface area (Å²) in [4.78, 5) is 15.2. The van der Waals surface area contributed by atoms with E-state index in [1.165, 1.54) is 0 Å². The molecule has 1 atom stereocenters. The summed E-state index contributed by atoms with van der Waals surface area (Å²) >= 11 is 5.78. The van der Waals surface area contributed by atoms with Crippen LogP contribution in [-0.2, 0) is 4.79 Å². The highest BCUT2D eigenvalue weighted by Crippen LogP contribution is 2.25. The molecule has 0 bridgehead atoms. The van der Waals surface area contributed by atoms with E-state index >= 15 is 0 Å². The zero-order valence-electron chi connectivity index (χ0n) is 8.88. The van der Waals surface area contributed by atoms with E-state index in [2.05, 4.69) is 4.98 Å². The zero-order valence-corrected chi connectivity index (χ0v) is 9.63. The molecule has 2 rings (SSSR count). The molecule has 17 heavy (non-hydrogen) atoms. The molecule has 3 nitrogen and oxygen atoms in total. The average molecular weight is 248 g/mol. The van der Waals surface area contributed by atoms with Crippen LogP contribution in [-0.4, -0.2) is 16.1 Å². The predicted octanol–water partition coefficient (Wildman–Crippen LogP) is 2.95. The number of pyridine rings is 1. The van der Waals surface area contributed by atoms with Gasteiger partial charge in [0.15, 0.2) is 0 Å². The van der Waals surface area contributed by atoms with Gasteiger partial charge in [-0.05, 0) is 35.4 Å². The number of carboxylic acid groups (broad SMARTS) is 1. The Morgan fingerprint density at radius 2 is 1.59 bits per heavy atom. The number of rotatable bonds is 3. The molecule has 0 aliphatic heterocycles. The Balaban J connectivity index is 2.43. The molecule has 0 aliphatic rings. The van der Waals surface area contributed by atoms with Crippen molar-refractivity contribution in [2.45, 2.75) is 5.92 Å². The number of carbonyl (C=O) groups is 1. The number of hydrogen-bond acceptors (Lipinski definition) is 2. The van der Waals surface area contributed by atoms with Crippen molar-refractivity contribution in [3.8, 4) is 0 Å². The van der Waals surface area contributed by atoms with Crippen LogP contribution in [0.15, 0.2) is 48.8 Å². The maximum Gasteiger partial charge on any atom is 0.315 e. The number of carboxylic acids is 1. The first-order valence-corrected chi connectivity index (χ1v) is 5.44. The van der Waals surface area contributed by atoms with Crippen molar-refractivity contribution >= 4 is 17.6 Å². The summed E-state index contributed by atoms with van der Waals surface area (Å²) < 4.78 is 0. The van der Waals surface area contributed by atoms with E-state index in [0.29, 0.717) is 16.1 Å². The van der Waals surface area contributed by atoms with Crippen molar-refractivity contribution in [1.82, 2.24) is 4.98 Å². The summed E-state index contributed by atoms with van der Waals surface area (Å²) in [5, 5.41) is 9.89. The second-order valence-corrected chi connectivity index (χ2v) is 4.04. The first-order chi connectivity index (χ1) is 8.18. The van der Waals surface area contributed by atoms with Crippen LogP contribution in [0.5, 0.6) is 0 Å². The molecule has 4 heteroatoms. The number of halogens is 1. The van der Waals surface area contributed by atoms with Gasteiger partial charge in [-0.3, -0.25) is 9.78 Å². The maximum atomic E-state index is 11.3. The van der Waals surface area contributed by atoms with E-state index in [-0.39, 0.29) is 0 Å². The third kappa shape index (κ3) is 2.63. The largest absolute Gasteiger partial charge is 0.481 e. The molecule has 1 heterocycles. The van der Waals surface area contributed by atoms with Gasteiger partial charge in [0.05, 0.1) is 0 Å². The van der Waals surface area contributed by atoms with Crippen molar-refractivity contribution in [1.29, 1.82) is 0 Å². The molecule has 1 aromatic carbocycles. The first-order valence-electron chi connectivity index (χ1n) is 5.06. The summed E-state index contributed by atoms with van der Waals surface area (Å²) in [7, 11) is 0. The lowest BCUT2D eigenvalue weighted by atomic mass is 9.92. The second kappa shape index (κ2) is 4.97. The molecule has 2 aromatic rings. The van der Waals surface area contributed by atoms with E-state index in [1.54, 1.807) is 48.8 Å². The lowest BCUT2D eigenvalue weighted by Crippen LogP contribution is -2.12. The number of benzene rings is 1. The fourth-order valence-electron chi connectivity index (χ4n) is 1.69.